The highest BCUT2D eigenvalue weighted by molar-refractivity contribution is 6.21. The first-order valence-electron chi connectivity index (χ1n) is 10.9. The lowest BCUT2D eigenvalue weighted by molar-refractivity contribution is -0.942. The van der Waals surface area contributed by atoms with E-state index in [1.54, 1.807) is 12.1 Å². The molecule has 1 aromatic rings. The van der Waals surface area contributed by atoms with Crippen LogP contribution in [0, 0.1) is 0 Å². The third-order valence-corrected chi connectivity index (χ3v) is 8.92. The zero-order chi connectivity index (χ0) is 21.3. The van der Waals surface area contributed by atoms with Crippen LogP contribution in [0.1, 0.15) is 40.0 Å². The standard InChI is InChI=1S/C21H28N4O2.3Al/c1-22-12-13-25(3)15-16(23(2)14-19(22)25)8-6-7-11-24-20(26)17-9-4-5-10-18(17)21(24)27;;;/h4-5,9-10,16,19H,1-3,6-8,11-15H2;;;/q+1;;;. The van der Waals surface area contributed by atoms with E-state index in [9.17, 15) is 9.59 Å². The fraction of sp³-hybridized carbons (Fsp3) is 0.619. The van der Waals surface area contributed by atoms with Crippen LogP contribution in [0.25, 0.3) is 0 Å². The summed E-state index contributed by atoms with van der Waals surface area (Å²) in [6.45, 7) is 5.25. The van der Waals surface area contributed by atoms with Gasteiger partial charge in [-0.2, -0.15) is 0 Å². The van der Waals surface area contributed by atoms with Crippen molar-refractivity contribution >= 4 is 60.7 Å². The molecule has 30 heavy (non-hydrogen) atoms. The minimum Gasteiger partial charge on any atom is -0.320 e. The molecule has 4 rings (SSSR count). The molecule has 1 aromatic carbocycles. The third kappa shape index (κ3) is 4.11. The normalized spacial score (nSPS) is 29.4. The number of quaternary nitrogens is 1. The number of benzene rings is 1. The van der Waals surface area contributed by atoms with Crippen LogP contribution in [0.4, 0.5) is 0 Å². The highest BCUT2D eigenvalue weighted by Gasteiger charge is 2.50. The van der Waals surface area contributed by atoms with Crippen molar-refractivity contribution in [1.29, 1.82) is 0 Å². The van der Waals surface area contributed by atoms with Gasteiger partial charge in [-0.05, 0) is 36.8 Å². The van der Waals surface area contributed by atoms with E-state index in [1.807, 2.05) is 12.1 Å². The molecular weight excluding hydrogens is 421 g/mol. The Morgan fingerprint density at radius 2 is 1.63 bits per heavy atom. The SMILES string of the molecule is O=C1c2ccccc2C(=O)N1CCCCC1C[N+]2([CH2][Al])CCN([CH2][Al])C2CN1[CH2][Al]. The number of amides is 2. The van der Waals surface area contributed by atoms with Gasteiger partial charge in [0, 0.05) is 6.54 Å². The molecule has 2 saturated heterocycles. The lowest BCUT2D eigenvalue weighted by Gasteiger charge is -2.52. The molecule has 6 radical (unpaired) electrons. The average Bonchev–Trinajstić information content (AvgIpc) is 3.26. The van der Waals surface area contributed by atoms with E-state index in [0.717, 1.165) is 42.0 Å². The molecule has 0 aromatic heterocycles. The Balaban J connectivity index is 1.33. The maximum atomic E-state index is 12.5. The summed E-state index contributed by atoms with van der Waals surface area (Å²) in [6, 6.07) is 7.71. The number of hydrogen-bond donors (Lipinski definition) is 0. The number of imide groups is 1. The summed E-state index contributed by atoms with van der Waals surface area (Å²) in [5.41, 5.74) is 1.10. The Morgan fingerprint density at radius 3 is 2.23 bits per heavy atom. The molecule has 152 valence electrons. The van der Waals surface area contributed by atoms with E-state index in [-0.39, 0.29) is 11.8 Å². The number of nitrogens with zero attached hydrogens (tertiary/aromatic N) is 4. The van der Waals surface area contributed by atoms with Gasteiger partial charge in [0.05, 0.1) is 43.3 Å². The highest BCUT2D eigenvalue weighted by Crippen LogP contribution is 2.32. The maximum absolute atomic E-state index is 12.5. The van der Waals surface area contributed by atoms with Crippen LogP contribution in [-0.4, -0.2) is 141 Å². The number of rotatable bonds is 8. The van der Waals surface area contributed by atoms with E-state index < -0.39 is 0 Å². The van der Waals surface area contributed by atoms with Gasteiger partial charge in [0.1, 0.15) is 32.6 Å². The van der Waals surface area contributed by atoms with Crippen LogP contribution in [0.5, 0.6) is 0 Å². The van der Waals surface area contributed by atoms with E-state index in [4.69, 9.17) is 0 Å². The van der Waals surface area contributed by atoms with Gasteiger partial charge < -0.3 is 9.38 Å². The molecular formula is C21H28Al3N4O2+. The van der Waals surface area contributed by atoms with E-state index in [0.29, 0.717) is 29.9 Å². The Morgan fingerprint density at radius 1 is 0.967 bits per heavy atom. The lowest BCUT2D eigenvalue weighted by Crippen LogP contribution is -2.69. The second-order valence-electron chi connectivity index (χ2n) is 8.69. The predicted octanol–water partition coefficient (Wildman–Crippen LogP) is -0.0264. The van der Waals surface area contributed by atoms with Gasteiger partial charge >= 0.3 is 0 Å². The molecule has 9 heteroatoms. The largest absolute Gasteiger partial charge is 0.320 e. The molecule has 3 aliphatic heterocycles. The minimum atomic E-state index is -0.134. The molecule has 0 N–H and O–H groups in total. The van der Waals surface area contributed by atoms with Crippen LogP contribution < -0.4 is 0 Å². The fourth-order valence-electron chi connectivity index (χ4n) is 5.46. The zero-order valence-corrected chi connectivity index (χ0v) is 21.0. The van der Waals surface area contributed by atoms with E-state index in [1.165, 1.54) is 29.0 Å². The molecule has 6 nitrogen and oxygen atoms in total. The molecule has 0 bridgehead atoms. The Hall–Kier alpha value is -0.163. The molecule has 0 spiro atoms. The minimum absolute atomic E-state index is 0.134. The monoisotopic (exact) mass is 449 g/mol. The summed E-state index contributed by atoms with van der Waals surface area (Å²) in [6.07, 6.45) is 3.62. The van der Waals surface area contributed by atoms with Gasteiger partial charge in [-0.15, -0.1) is 0 Å². The van der Waals surface area contributed by atoms with Gasteiger partial charge in [0.2, 0.25) is 16.3 Å². The van der Waals surface area contributed by atoms with Crippen molar-refractivity contribution in [3.8, 4) is 0 Å². The third-order valence-electron chi connectivity index (χ3n) is 7.25. The van der Waals surface area contributed by atoms with Gasteiger partial charge in [0.15, 0.2) is 6.17 Å². The van der Waals surface area contributed by atoms with E-state index >= 15 is 0 Å². The molecule has 2 fully saturated rings. The van der Waals surface area contributed by atoms with Crippen molar-refractivity contribution in [3.05, 3.63) is 35.4 Å². The van der Waals surface area contributed by atoms with Crippen LogP contribution in [-0.2, 0) is 0 Å². The quantitative estimate of drug-likeness (QED) is 0.242. The molecule has 2 amide bonds. The number of hydrogen-bond acceptors (Lipinski definition) is 4. The first-order valence-corrected chi connectivity index (χ1v) is 13.4. The number of unbranched alkanes of at least 4 members (excludes halogenated alkanes) is 1. The Bertz CT molecular complexity index is 775. The van der Waals surface area contributed by atoms with Crippen molar-refractivity contribution in [2.24, 2.45) is 0 Å². The first-order chi connectivity index (χ1) is 14.5. The van der Waals surface area contributed by atoms with Gasteiger partial charge in [-0.25, -0.2) is 0 Å². The Kier molecular flexibility index (Phi) is 7.49. The summed E-state index contributed by atoms with van der Waals surface area (Å²) in [5.74, 6) is -0.269. The molecule has 3 unspecified atom stereocenters. The molecule has 3 atom stereocenters. The lowest BCUT2D eigenvalue weighted by atomic mass is 10.0. The van der Waals surface area contributed by atoms with Crippen molar-refractivity contribution in [3.63, 3.8) is 0 Å². The zero-order valence-electron chi connectivity index (χ0n) is 17.6. The summed E-state index contributed by atoms with van der Waals surface area (Å²) in [7, 11) is 0. The first kappa shape index (κ1) is 23.0. The van der Waals surface area contributed by atoms with Crippen molar-refractivity contribution < 1.29 is 14.1 Å². The average molecular weight is 449 g/mol. The van der Waals surface area contributed by atoms with Gasteiger partial charge in [0.25, 0.3) is 11.8 Å². The maximum Gasteiger partial charge on any atom is 0.261 e. The van der Waals surface area contributed by atoms with Crippen LogP contribution in [0.2, 0.25) is 0 Å². The van der Waals surface area contributed by atoms with Crippen molar-refractivity contribution in [2.75, 3.05) is 48.9 Å². The molecule has 3 heterocycles. The van der Waals surface area contributed by atoms with Crippen LogP contribution in [0.3, 0.4) is 0 Å². The second kappa shape index (κ2) is 9.77. The van der Waals surface area contributed by atoms with E-state index in [2.05, 4.69) is 58.7 Å². The summed E-state index contributed by atoms with van der Waals surface area (Å²) in [4.78, 5) is 31.8. The number of carbonyl (C=O) groups is 2. The summed E-state index contributed by atoms with van der Waals surface area (Å²) >= 11 is 8.81. The molecule has 3 aliphatic rings. The fourth-order valence-corrected chi connectivity index (χ4v) is 6.91. The van der Waals surface area contributed by atoms with Gasteiger partial charge in [-0.3, -0.25) is 19.4 Å². The molecule has 0 aliphatic carbocycles. The number of fused-ring (bicyclic) bond motifs is 2. The predicted molar refractivity (Wildman–Crippen MR) is 119 cm³/mol. The van der Waals surface area contributed by atoms with Gasteiger partial charge in [-0.1, -0.05) is 22.9 Å². The summed E-state index contributed by atoms with van der Waals surface area (Å²) < 4.78 is 1.18. The van der Waals surface area contributed by atoms with Crippen molar-refractivity contribution in [1.82, 2.24) is 14.7 Å². The highest BCUT2D eigenvalue weighted by atomic mass is 27.1. The van der Waals surface area contributed by atoms with Crippen LogP contribution in [0.15, 0.2) is 24.3 Å². The van der Waals surface area contributed by atoms with Crippen LogP contribution >= 0.6 is 0 Å². The van der Waals surface area contributed by atoms with Crippen molar-refractivity contribution in [2.45, 2.75) is 31.5 Å². The Labute approximate surface area is 204 Å². The number of carbonyl (C=O) groups excluding carboxylic acids is 2. The topological polar surface area (TPSA) is 43.9 Å². The molecule has 0 saturated carbocycles. The number of piperazine rings is 1. The second-order valence-corrected chi connectivity index (χ2v) is 9.79. The smallest absolute Gasteiger partial charge is 0.261 e. The summed E-state index contributed by atoms with van der Waals surface area (Å²) in [5, 5.41) is 3.16.